The molecule has 0 spiro atoms. The number of nitrogens with one attached hydrogen (secondary N) is 1. The Morgan fingerprint density at radius 2 is 1.79 bits per heavy atom. The van der Waals surface area contributed by atoms with Gasteiger partial charge in [0.05, 0.1) is 6.10 Å². The molecule has 6 heteroatoms. The quantitative estimate of drug-likeness (QED) is 0.671. The Kier molecular flexibility index (Phi) is 6.22. The molecule has 0 atom stereocenters. The second-order valence-corrected chi connectivity index (χ2v) is 6.75. The van der Waals surface area contributed by atoms with Gasteiger partial charge in [-0.25, -0.2) is 9.97 Å². The molecule has 3 rings (SSSR count). The highest BCUT2D eigenvalue weighted by Gasteiger charge is 2.12. The third kappa shape index (κ3) is 5.30. The zero-order valence-corrected chi connectivity index (χ0v) is 16.3. The van der Waals surface area contributed by atoms with Crippen LogP contribution in [-0.4, -0.2) is 29.0 Å². The fourth-order valence-electron chi connectivity index (χ4n) is 2.70. The Hall–Kier alpha value is -3.41. The predicted octanol–water partition coefficient (Wildman–Crippen LogP) is 4.15. The Labute approximate surface area is 165 Å². The normalized spacial score (nSPS) is 10.6. The van der Waals surface area contributed by atoms with E-state index in [1.54, 1.807) is 18.2 Å². The maximum absolute atomic E-state index is 12.6. The van der Waals surface area contributed by atoms with E-state index in [0.717, 1.165) is 5.75 Å². The van der Waals surface area contributed by atoms with Crippen molar-refractivity contribution in [2.75, 3.05) is 17.3 Å². The third-order valence-electron chi connectivity index (χ3n) is 4.02. The Morgan fingerprint density at radius 1 is 1.07 bits per heavy atom. The van der Waals surface area contributed by atoms with Gasteiger partial charge in [0.25, 0.3) is 5.91 Å². The molecule has 1 heterocycles. The molecule has 0 bridgehead atoms. The predicted molar refractivity (Wildman–Crippen MR) is 111 cm³/mol. The molecule has 0 aliphatic carbocycles. The van der Waals surface area contributed by atoms with Gasteiger partial charge >= 0.3 is 0 Å². The summed E-state index contributed by atoms with van der Waals surface area (Å²) in [5.41, 5.74) is 2.16. The van der Waals surface area contributed by atoms with E-state index in [1.807, 2.05) is 56.1 Å². The molecule has 1 amide bonds. The fraction of sp³-hybridized carbons (Fsp3) is 0.227. The van der Waals surface area contributed by atoms with E-state index in [0.29, 0.717) is 23.7 Å². The fourth-order valence-corrected chi connectivity index (χ4v) is 2.70. The average molecular weight is 376 g/mol. The van der Waals surface area contributed by atoms with Crippen molar-refractivity contribution < 1.29 is 9.53 Å². The van der Waals surface area contributed by atoms with Crippen molar-refractivity contribution in [3.63, 3.8) is 0 Å². The van der Waals surface area contributed by atoms with E-state index in [2.05, 4.69) is 27.4 Å². The molecule has 1 N–H and O–H groups in total. The third-order valence-corrected chi connectivity index (χ3v) is 4.02. The molecule has 0 saturated carbocycles. The minimum atomic E-state index is -0.283. The number of ether oxygens (including phenoxy) is 1. The van der Waals surface area contributed by atoms with Crippen molar-refractivity contribution >= 4 is 17.4 Å². The highest BCUT2D eigenvalue weighted by Crippen LogP contribution is 2.18. The number of hydrogen-bond acceptors (Lipinski definition) is 5. The second kappa shape index (κ2) is 8.99. The zero-order valence-electron chi connectivity index (χ0n) is 16.3. The summed E-state index contributed by atoms with van der Waals surface area (Å²) in [6, 6.07) is 19.0. The van der Waals surface area contributed by atoms with E-state index in [1.165, 1.54) is 11.9 Å². The lowest BCUT2D eigenvalue weighted by atomic mass is 10.2. The van der Waals surface area contributed by atoms with Crippen LogP contribution in [0.25, 0.3) is 0 Å². The van der Waals surface area contributed by atoms with Gasteiger partial charge in [-0.1, -0.05) is 30.3 Å². The van der Waals surface area contributed by atoms with Crippen LogP contribution in [0.3, 0.4) is 0 Å². The molecular formula is C22H24N4O2. The first-order valence-corrected chi connectivity index (χ1v) is 9.16. The van der Waals surface area contributed by atoms with Gasteiger partial charge in [-0.05, 0) is 43.7 Å². The molecule has 0 fully saturated rings. The Bertz CT molecular complexity index is 911. The van der Waals surface area contributed by atoms with Gasteiger partial charge in [0, 0.05) is 25.3 Å². The summed E-state index contributed by atoms with van der Waals surface area (Å²) in [7, 11) is 1.93. The molecule has 144 valence electrons. The summed E-state index contributed by atoms with van der Waals surface area (Å²) in [5.74, 6) is 1.17. The lowest BCUT2D eigenvalue weighted by molar-refractivity contribution is 0.102. The summed E-state index contributed by atoms with van der Waals surface area (Å²) in [4.78, 5) is 22.9. The van der Waals surface area contributed by atoms with Gasteiger partial charge in [-0.3, -0.25) is 4.79 Å². The van der Waals surface area contributed by atoms with Crippen molar-refractivity contribution in [3.05, 3.63) is 78.2 Å². The van der Waals surface area contributed by atoms with Crippen LogP contribution in [0.4, 0.5) is 11.5 Å². The van der Waals surface area contributed by atoms with Crippen molar-refractivity contribution in [2.24, 2.45) is 0 Å². The Balaban J connectivity index is 1.66. The van der Waals surface area contributed by atoms with E-state index in [4.69, 9.17) is 4.74 Å². The molecular weight excluding hydrogens is 352 g/mol. The van der Waals surface area contributed by atoms with E-state index in [-0.39, 0.29) is 12.0 Å². The lowest BCUT2D eigenvalue weighted by Gasteiger charge is -2.18. The van der Waals surface area contributed by atoms with E-state index >= 15 is 0 Å². The average Bonchev–Trinajstić information content (AvgIpc) is 2.70. The van der Waals surface area contributed by atoms with Crippen molar-refractivity contribution in [2.45, 2.75) is 26.5 Å². The van der Waals surface area contributed by atoms with Crippen LogP contribution in [0.15, 0.2) is 67.0 Å². The monoisotopic (exact) mass is 376 g/mol. The number of carbonyl (C=O) groups excluding carboxylic acids is 1. The topological polar surface area (TPSA) is 67.3 Å². The zero-order chi connectivity index (χ0) is 19.9. The van der Waals surface area contributed by atoms with Crippen LogP contribution in [-0.2, 0) is 6.54 Å². The number of amides is 1. The van der Waals surface area contributed by atoms with E-state index < -0.39 is 0 Å². The van der Waals surface area contributed by atoms with Gasteiger partial charge in [0.15, 0.2) is 0 Å². The number of anilines is 2. The van der Waals surface area contributed by atoms with Crippen molar-refractivity contribution in [1.82, 2.24) is 9.97 Å². The van der Waals surface area contributed by atoms with Crippen molar-refractivity contribution in [3.8, 4) is 5.75 Å². The van der Waals surface area contributed by atoms with Crippen LogP contribution in [0.5, 0.6) is 5.75 Å². The van der Waals surface area contributed by atoms with Crippen LogP contribution < -0.4 is 15.0 Å². The number of benzene rings is 2. The first-order valence-electron chi connectivity index (χ1n) is 9.16. The largest absolute Gasteiger partial charge is 0.491 e. The Morgan fingerprint density at radius 3 is 2.46 bits per heavy atom. The van der Waals surface area contributed by atoms with Gasteiger partial charge in [-0.15, -0.1) is 0 Å². The van der Waals surface area contributed by atoms with Crippen LogP contribution in [0, 0.1) is 0 Å². The standard InChI is InChI=1S/C22H24N4O2/c1-16(2)28-19-11-9-18(10-12-19)25-22(27)20-13-21(24-15-23-20)26(3)14-17-7-5-4-6-8-17/h4-13,15-16H,14H2,1-3H3,(H,25,27). The minimum Gasteiger partial charge on any atom is -0.491 e. The maximum atomic E-state index is 12.6. The summed E-state index contributed by atoms with van der Waals surface area (Å²) in [6.45, 7) is 4.63. The first-order chi connectivity index (χ1) is 13.5. The summed E-state index contributed by atoms with van der Waals surface area (Å²) in [5, 5.41) is 2.85. The molecule has 0 aliphatic heterocycles. The lowest BCUT2D eigenvalue weighted by Crippen LogP contribution is -2.20. The number of aromatic nitrogens is 2. The number of hydrogen-bond donors (Lipinski definition) is 1. The first kappa shape index (κ1) is 19.4. The summed E-state index contributed by atoms with van der Waals surface area (Å²) >= 11 is 0. The summed E-state index contributed by atoms with van der Waals surface area (Å²) in [6.07, 6.45) is 1.51. The van der Waals surface area contributed by atoms with Crippen LogP contribution in [0.1, 0.15) is 29.9 Å². The molecule has 0 radical (unpaired) electrons. The molecule has 2 aromatic carbocycles. The van der Waals surface area contributed by atoms with Crippen LogP contribution >= 0.6 is 0 Å². The van der Waals surface area contributed by atoms with Crippen molar-refractivity contribution in [1.29, 1.82) is 0 Å². The number of rotatable bonds is 7. The molecule has 3 aromatic rings. The van der Waals surface area contributed by atoms with E-state index in [9.17, 15) is 4.79 Å². The van der Waals surface area contributed by atoms with Gasteiger partial charge in [-0.2, -0.15) is 0 Å². The molecule has 0 unspecified atom stereocenters. The SMILES string of the molecule is CC(C)Oc1ccc(NC(=O)c2cc(N(C)Cc3ccccc3)ncn2)cc1. The summed E-state index contributed by atoms with van der Waals surface area (Å²) < 4.78 is 5.61. The molecule has 0 aliphatic rings. The molecule has 6 nitrogen and oxygen atoms in total. The number of nitrogens with zero attached hydrogens (tertiary/aromatic N) is 3. The van der Waals surface area contributed by atoms with Gasteiger partial charge in [0.2, 0.25) is 0 Å². The van der Waals surface area contributed by atoms with Gasteiger partial charge in [0.1, 0.15) is 23.6 Å². The molecule has 28 heavy (non-hydrogen) atoms. The maximum Gasteiger partial charge on any atom is 0.274 e. The number of carbonyl (C=O) groups is 1. The van der Waals surface area contributed by atoms with Gasteiger partial charge < -0.3 is 15.0 Å². The second-order valence-electron chi connectivity index (χ2n) is 6.75. The smallest absolute Gasteiger partial charge is 0.274 e. The highest BCUT2D eigenvalue weighted by atomic mass is 16.5. The molecule has 0 saturated heterocycles. The molecule has 1 aromatic heterocycles. The van der Waals surface area contributed by atoms with Crippen LogP contribution in [0.2, 0.25) is 0 Å². The highest BCUT2D eigenvalue weighted by molar-refractivity contribution is 6.03. The minimum absolute atomic E-state index is 0.104.